The van der Waals surface area contributed by atoms with Gasteiger partial charge in [-0.25, -0.2) is 4.98 Å². The number of hydrogen-bond donors (Lipinski definition) is 1. The summed E-state index contributed by atoms with van der Waals surface area (Å²) in [5.41, 5.74) is 3.23. The minimum absolute atomic E-state index is 0.0249. The van der Waals surface area contributed by atoms with E-state index < -0.39 is 0 Å². The summed E-state index contributed by atoms with van der Waals surface area (Å²) >= 11 is 2.72. The summed E-state index contributed by atoms with van der Waals surface area (Å²) in [6.45, 7) is 2.59. The summed E-state index contributed by atoms with van der Waals surface area (Å²) in [6.07, 6.45) is 0.715. The Balaban J connectivity index is 1.46. The smallest absolute Gasteiger partial charge is 0.230 e. The first kappa shape index (κ1) is 21.1. The van der Waals surface area contributed by atoms with Crippen LogP contribution in [0.1, 0.15) is 11.1 Å². The molecule has 0 unspecified atom stereocenters. The molecule has 0 atom stereocenters. The monoisotopic (exact) mass is 429 g/mol. The number of rotatable bonds is 9. The molecule has 8 heteroatoms. The van der Waals surface area contributed by atoms with Crippen LogP contribution in [0.25, 0.3) is 11.4 Å². The summed E-state index contributed by atoms with van der Waals surface area (Å²) < 4.78 is 15.7. The number of benzene rings is 2. The highest BCUT2D eigenvalue weighted by molar-refractivity contribution is 8.01. The lowest BCUT2D eigenvalue weighted by Gasteiger charge is -2.10. The van der Waals surface area contributed by atoms with Crippen molar-refractivity contribution in [1.29, 1.82) is 0 Å². The number of nitrogens with one attached hydrogen (secondary N) is 1. The predicted molar refractivity (Wildman–Crippen MR) is 117 cm³/mol. The van der Waals surface area contributed by atoms with Gasteiger partial charge in [0.25, 0.3) is 0 Å². The maximum absolute atomic E-state index is 12.1. The molecule has 1 amide bonds. The molecule has 3 rings (SSSR count). The average molecular weight is 430 g/mol. The van der Waals surface area contributed by atoms with Crippen molar-refractivity contribution in [2.45, 2.75) is 17.7 Å². The third-order valence-electron chi connectivity index (χ3n) is 4.30. The first-order chi connectivity index (χ1) is 14.1. The van der Waals surface area contributed by atoms with Gasteiger partial charge in [-0.15, -0.1) is 0 Å². The van der Waals surface area contributed by atoms with Crippen molar-refractivity contribution in [2.75, 3.05) is 26.5 Å². The van der Waals surface area contributed by atoms with Gasteiger partial charge in [0.15, 0.2) is 21.7 Å². The van der Waals surface area contributed by atoms with E-state index in [1.54, 1.807) is 14.2 Å². The molecule has 0 spiro atoms. The summed E-state index contributed by atoms with van der Waals surface area (Å²) in [7, 11) is 3.22. The second-order valence-corrected chi connectivity index (χ2v) is 8.25. The minimum atomic E-state index is -0.0249. The number of carbonyl (C=O) groups excluding carboxylic acids is 1. The Kier molecular flexibility index (Phi) is 7.48. The van der Waals surface area contributed by atoms with E-state index in [2.05, 4.69) is 14.7 Å². The third-order valence-corrected chi connectivity index (χ3v) is 6.14. The molecule has 1 aromatic heterocycles. The zero-order valence-corrected chi connectivity index (χ0v) is 18.2. The highest BCUT2D eigenvalue weighted by Gasteiger charge is 2.11. The Hall–Kier alpha value is -2.58. The number of carbonyl (C=O) groups is 1. The molecular formula is C21H23N3O3S2. The summed E-state index contributed by atoms with van der Waals surface area (Å²) in [4.78, 5) is 16.7. The maximum atomic E-state index is 12.1. The quantitative estimate of drug-likeness (QED) is 0.519. The first-order valence-corrected chi connectivity index (χ1v) is 10.9. The Labute approximate surface area is 178 Å². The molecule has 29 heavy (non-hydrogen) atoms. The first-order valence-electron chi connectivity index (χ1n) is 9.11. The second kappa shape index (κ2) is 10.3. The van der Waals surface area contributed by atoms with Crippen LogP contribution in [0.3, 0.4) is 0 Å². The van der Waals surface area contributed by atoms with Crippen LogP contribution in [0.15, 0.2) is 46.8 Å². The highest BCUT2D eigenvalue weighted by atomic mass is 32.2. The van der Waals surface area contributed by atoms with E-state index in [0.29, 0.717) is 36.0 Å². The van der Waals surface area contributed by atoms with Crippen molar-refractivity contribution < 1.29 is 14.3 Å². The Bertz CT molecular complexity index is 975. The van der Waals surface area contributed by atoms with E-state index in [1.807, 2.05) is 49.4 Å². The van der Waals surface area contributed by atoms with Crippen molar-refractivity contribution in [2.24, 2.45) is 0 Å². The van der Waals surface area contributed by atoms with Gasteiger partial charge in [-0.1, -0.05) is 42.1 Å². The SMILES string of the molecule is COc1ccc(CCNC(=O)CSc2nc(-c3ccccc3C)ns2)cc1OC. The molecular weight excluding hydrogens is 406 g/mol. The van der Waals surface area contributed by atoms with Crippen molar-refractivity contribution in [1.82, 2.24) is 14.7 Å². The third kappa shape index (κ3) is 5.71. The van der Waals surface area contributed by atoms with Gasteiger partial charge < -0.3 is 14.8 Å². The van der Waals surface area contributed by atoms with E-state index in [1.165, 1.54) is 23.3 Å². The Morgan fingerprint density at radius 3 is 2.69 bits per heavy atom. The summed E-state index contributed by atoms with van der Waals surface area (Å²) in [5, 5.41) is 2.94. The van der Waals surface area contributed by atoms with Crippen molar-refractivity contribution >= 4 is 29.2 Å². The zero-order valence-electron chi connectivity index (χ0n) is 16.6. The Morgan fingerprint density at radius 2 is 1.93 bits per heavy atom. The van der Waals surface area contributed by atoms with Crippen LogP contribution < -0.4 is 14.8 Å². The Morgan fingerprint density at radius 1 is 1.14 bits per heavy atom. The fraction of sp³-hybridized carbons (Fsp3) is 0.286. The lowest BCUT2D eigenvalue weighted by atomic mass is 10.1. The van der Waals surface area contributed by atoms with Crippen molar-refractivity contribution in [3.05, 3.63) is 53.6 Å². The number of methoxy groups -OCH3 is 2. The van der Waals surface area contributed by atoms with E-state index in [9.17, 15) is 4.79 Å². The van der Waals surface area contributed by atoms with Crippen LogP contribution in [0.2, 0.25) is 0 Å². The predicted octanol–water partition coefficient (Wildman–Crippen LogP) is 3.98. The van der Waals surface area contributed by atoms with Crippen LogP contribution in [0.5, 0.6) is 11.5 Å². The number of nitrogens with zero attached hydrogens (tertiary/aromatic N) is 2. The molecule has 0 fully saturated rings. The van der Waals surface area contributed by atoms with Gasteiger partial charge in [-0.2, -0.15) is 4.37 Å². The molecule has 0 saturated heterocycles. The van der Waals surface area contributed by atoms with Crippen LogP contribution >= 0.6 is 23.3 Å². The van der Waals surface area contributed by atoms with Gasteiger partial charge in [0, 0.05) is 12.1 Å². The molecule has 152 valence electrons. The number of thioether (sulfide) groups is 1. The summed E-state index contributed by atoms with van der Waals surface area (Å²) in [6, 6.07) is 13.8. The molecule has 3 aromatic rings. The van der Waals surface area contributed by atoms with Gasteiger partial charge in [0.1, 0.15) is 0 Å². The number of amides is 1. The van der Waals surface area contributed by atoms with Gasteiger partial charge >= 0.3 is 0 Å². The van der Waals surface area contributed by atoms with Crippen LogP contribution in [0, 0.1) is 6.92 Å². The van der Waals surface area contributed by atoms with Gasteiger partial charge in [-0.3, -0.25) is 4.79 Å². The van der Waals surface area contributed by atoms with Crippen molar-refractivity contribution in [3.63, 3.8) is 0 Å². The molecule has 6 nitrogen and oxygen atoms in total. The number of aromatic nitrogens is 2. The number of aryl methyl sites for hydroxylation is 1. The minimum Gasteiger partial charge on any atom is -0.493 e. The molecule has 0 aliphatic rings. The molecule has 0 aliphatic heterocycles. The largest absolute Gasteiger partial charge is 0.493 e. The lowest BCUT2D eigenvalue weighted by molar-refractivity contribution is -0.118. The summed E-state index contributed by atoms with van der Waals surface area (Å²) in [5.74, 6) is 2.38. The molecule has 0 radical (unpaired) electrons. The topological polar surface area (TPSA) is 73.3 Å². The molecule has 0 aliphatic carbocycles. The maximum Gasteiger partial charge on any atom is 0.230 e. The van der Waals surface area contributed by atoms with Gasteiger partial charge in [-0.05, 0) is 48.1 Å². The standard InChI is InChI=1S/C21H23N3O3S2/c1-14-6-4-5-7-16(14)20-23-21(29-24-20)28-13-19(25)22-11-10-15-8-9-17(26-2)18(12-15)27-3/h4-9,12H,10-11,13H2,1-3H3,(H,22,25). The van der Waals surface area contributed by atoms with E-state index in [4.69, 9.17) is 9.47 Å². The zero-order chi connectivity index (χ0) is 20.6. The number of hydrogen-bond acceptors (Lipinski definition) is 7. The molecule has 1 N–H and O–H groups in total. The molecule has 2 aromatic carbocycles. The average Bonchev–Trinajstić information content (AvgIpc) is 3.21. The van der Waals surface area contributed by atoms with Gasteiger partial charge in [0.05, 0.1) is 20.0 Å². The molecule has 0 saturated carbocycles. The van der Waals surface area contributed by atoms with Crippen molar-refractivity contribution in [3.8, 4) is 22.9 Å². The lowest BCUT2D eigenvalue weighted by Crippen LogP contribution is -2.27. The fourth-order valence-electron chi connectivity index (χ4n) is 2.76. The highest BCUT2D eigenvalue weighted by Crippen LogP contribution is 2.28. The molecule has 1 heterocycles. The van der Waals surface area contributed by atoms with E-state index >= 15 is 0 Å². The fourth-order valence-corrected chi connectivity index (χ4v) is 4.20. The van der Waals surface area contributed by atoms with Crippen LogP contribution in [0.4, 0.5) is 0 Å². The molecule has 0 bridgehead atoms. The normalized spacial score (nSPS) is 10.6. The number of ether oxygens (including phenoxy) is 2. The second-order valence-electron chi connectivity index (χ2n) is 6.28. The van der Waals surface area contributed by atoms with Gasteiger partial charge in [0.2, 0.25) is 5.91 Å². The van der Waals surface area contributed by atoms with E-state index in [-0.39, 0.29) is 5.91 Å². The van der Waals surface area contributed by atoms with Crippen LogP contribution in [-0.2, 0) is 11.2 Å². The van der Waals surface area contributed by atoms with Crippen LogP contribution in [-0.4, -0.2) is 41.8 Å². The van der Waals surface area contributed by atoms with E-state index in [0.717, 1.165) is 21.0 Å².